The van der Waals surface area contributed by atoms with Crippen molar-refractivity contribution in [3.05, 3.63) is 168 Å². The molecule has 1 heterocycles. The largest absolute Gasteiger partial charge is 0.313 e. The molecule has 3 aliphatic carbocycles. The highest BCUT2D eigenvalue weighted by Gasteiger charge is 2.37. The Morgan fingerprint density at radius 2 is 1.30 bits per heavy atom. The molecule has 47 heavy (non-hydrogen) atoms. The molecule has 0 N–H and O–H groups in total. The smallest absolute Gasteiger partial charge is 0.0558 e. The van der Waals surface area contributed by atoms with Crippen LogP contribution in [0.5, 0.6) is 0 Å². The number of allylic oxidation sites excluding steroid dienone is 5. The van der Waals surface area contributed by atoms with Crippen LogP contribution in [0.1, 0.15) is 55.5 Å². The molecule has 0 spiro atoms. The lowest BCUT2D eigenvalue weighted by atomic mass is 9.78. The van der Waals surface area contributed by atoms with Crippen LogP contribution >= 0.6 is 0 Å². The molecule has 0 amide bonds. The van der Waals surface area contributed by atoms with Gasteiger partial charge in [0.25, 0.3) is 0 Å². The van der Waals surface area contributed by atoms with Crippen molar-refractivity contribution < 1.29 is 0 Å². The van der Waals surface area contributed by atoms with Gasteiger partial charge in [0.2, 0.25) is 0 Å². The average Bonchev–Trinajstić information content (AvgIpc) is 3.57. The Morgan fingerprint density at radius 3 is 2.11 bits per heavy atom. The molecule has 6 aromatic rings. The first kappa shape index (κ1) is 27.9. The van der Waals surface area contributed by atoms with Crippen molar-refractivity contribution in [2.24, 2.45) is 0 Å². The predicted octanol–water partition coefficient (Wildman–Crippen LogP) is 12.1. The predicted molar refractivity (Wildman–Crippen MR) is 199 cm³/mol. The van der Waals surface area contributed by atoms with Crippen molar-refractivity contribution in [1.29, 1.82) is 0 Å². The first-order valence-corrected chi connectivity index (χ1v) is 17.0. The molecule has 0 saturated heterocycles. The van der Waals surface area contributed by atoms with Gasteiger partial charge < -0.3 is 9.47 Å². The molecule has 0 atom stereocenters. The molecule has 0 saturated carbocycles. The van der Waals surface area contributed by atoms with Gasteiger partial charge in [-0.25, -0.2) is 0 Å². The van der Waals surface area contributed by atoms with E-state index in [4.69, 9.17) is 0 Å². The Morgan fingerprint density at radius 1 is 0.617 bits per heavy atom. The minimum atomic E-state index is 0.0176. The van der Waals surface area contributed by atoms with E-state index in [-0.39, 0.29) is 5.41 Å². The highest BCUT2D eigenvalue weighted by Crippen LogP contribution is 2.52. The summed E-state index contributed by atoms with van der Waals surface area (Å²) in [6.45, 7) is 4.81. The van der Waals surface area contributed by atoms with E-state index in [0.29, 0.717) is 0 Å². The summed E-state index contributed by atoms with van der Waals surface area (Å²) in [5, 5.41) is 1.30. The van der Waals surface area contributed by atoms with Gasteiger partial charge in [-0.3, -0.25) is 0 Å². The van der Waals surface area contributed by atoms with Crippen molar-refractivity contribution in [2.45, 2.75) is 44.9 Å². The van der Waals surface area contributed by atoms with E-state index >= 15 is 0 Å². The fraction of sp³-hybridized carbons (Fsp3) is 0.156. The number of hydrogen-bond acceptors (Lipinski definition) is 1. The second-order valence-corrected chi connectivity index (χ2v) is 13.6. The standard InChI is InChI=1S/C45H38N2/c1-45(2)41-19-11-9-17-37(41)38-27-25-35(29-42(38)45)46(33-15-7-4-8-16-33)36-26-28-40-39-18-10-12-20-43(39)47(44(40)30-36)34-23-21-32(22-24-34)31-13-5-3-6-14-31/h3-10,13-18,21-30H,11-12,19-20H2,1-2H3. The van der Waals surface area contributed by atoms with E-state index < -0.39 is 0 Å². The van der Waals surface area contributed by atoms with Gasteiger partial charge in [0, 0.05) is 44.8 Å². The van der Waals surface area contributed by atoms with Gasteiger partial charge in [0.15, 0.2) is 0 Å². The Hall–Kier alpha value is -5.34. The van der Waals surface area contributed by atoms with Crippen molar-refractivity contribution in [2.75, 3.05) is 4.90 Å². The quantitative estimate of drug-likeness (QED) is 0.189. The summed E-state index contributed by atoms with van der Waals surface area (Å²) in [5.41, 5.74) is 17.0. The minimum absolute atomic E-state index is 0.0176. The van der Waals surface area contributed by atoms with Gasteiger partial charge in [0.05, 0.1) is 5.52 Å². The summed E-state index contributed by atoms with van der Waals surface area (Å²) in [7, 11) is 0. The normalized spacial score (nSPS) is 15.9. The SMILES string of the molecule is CC1(C)C2=C(C=CCC2)c2ccc(N(c3ccccc3)c3ccc4c5c(n(-c6ccc(-c7ccccc7)cc6)c4c3)CCC=C5)cc21. The molecule has 228 valence electrons. The van der Waals surface area contributed by atoms with E-state index in [2.05, 4.69) is 169 Å². The molecule has 0 radical (unpaired) electrons. The second-order valence-electron chi connectivity index (χ2n) is 13.6. The van der Waals surface area contributed by atoms with Crippen LogP contribution in [-0.4, -0.2) is 4.57 Å². The van der Waals surface area contributed by atoms with Gasteiger partial charge in [-0.05, 0) is 102 Å². The van der Waals surface area contributed by atoms with E-state index in [0.717, 1.165) is 37.1 Å². The highest BCUT2D eigenvalue weighted by molar-refractivity contribution is 5.97. The first-order valence-electron chi connectivity index (χ1n) is 17.0. The molecule has 3 aliphatic rings. The topological polar surface area (TPSA) is 8.17 Å². The van der Waals surface area contributed by atoms with E-state index in [1.54, 1.807) is 5.57 Å². The molecular formula is C45H38N2. The number of benzene rings is 5. The number of nitrogens with zero attached hydrogens (tertiary/aromatic N) is 2. The van der Waals surface area contributed by atoms with Gasteiger partial charge in [0.1, 0.15) is 0 Å². The molecule has 0 unspecified atom stereocenters. The number of anilines is 3. The van der Waals surface area contributed by atoms with E-state index in [9.17, 15) is 0 Å². The summed E-state index contributed by atoms with van der Waals surface area (Å²) < 4.78 is 2.51. The Balaban J connectivity index is 1.21. The molecule has 5 aromatic carbocycles. The summed E-state index contributed by atoms with van der Waals surface area (Å²) >= 11 is 0. The third-order valence-corrected chi connectivity index (χ3v) is 10.6. The lowest BCUT2D eigenvalue weighted by molar-refractivity contribution is 0.607. The third-order valence-electron chi connectivity index (χ3n) is 10.6. The van der Waals surface area contributed by atoms with Crippen molar-refractivity contribution in [3.8, 4) is 16.8 Å². The van der Waals surface area contributed by atoms with Gasteiger partial charge in [-0.2, -0.15) is 0 Å². The zero-order chi connectivity index (χ0) is 31.5. The van der Waals surface area contributed by atoms with Crippen LogP contribution in [-0.2, 0) is 11.8 Å². The maximum absolute atomic E-state index is 2.51. The maximum atomic E-state index is 2.51. The molecule has 2 nitrogen and oxygen atoms in total. The summed E-state index contributed by atoms with van der Waals surface area (Å²) in [5.74, 6) is 0. The fourth-order valence-electron chi connectivity index (χ4n) is 8.25. The van der Waals surface area contributed by atoms with E-state index in [1.165, 1.54) is 61.4 Å². The lowest BCUT2D eigenvalue weighted by Crippen LogP contribution is -2.18. The molecule has 1 aromatic heterocycles. The Labute approximate surface area is 277 Å². The molecule has 0 bridgehead atoms. The highest BCUT2D eigenvalue weighted by atomic mass is 15.1. The molecule has 0 aliphatic heterocycles. The fourth-order valence-corrected chi connectivity index (χ4v) is 8.25. The summed E-state index contributed by atoms with van der Waals surface area (Å²) in [6, 6.07) is 44.8. The van der Waals surface area contributed by atoms with Crippen LogP contribution in [0, 0.1) is 0 Å². The van der Waals surface area contributed by atoms with Gasteiger partial charge >= 0.3 is 0 Å². The summed E-state index contributed by atoms with van der Waals surface area (Å²) in [4.78, 5) is 2.44. The lowest BCUT2D eigenvalue weighted by Gasteiger charge is -2.29. The van der Waals surface area contributed by atoms with Crippen molar-refractivity contribution in [1.82, 2.24) is 4.57 Å². The number of hydrogen-bond donors (Lipinski definition) is 0. The van der Waals surface area contributed by atoms with Crippen LogP contribution in [0.3, 0.4) is 0 Å². The van der Waals surface area contributed by atoms with Crippen LogP contribution in [0.2, 0.25) is 0 Å². The van der Waals surface area contributed by atoms with Crippen molar-refractivity contribution >= 4 is 39.6 Å². The average molecular weight is 607 g/mol. The molecular weight excluding hydrogens is 569 g/mol. The van der Waals surface area contributed by atoms with Crippen LogP contribution < -0.4 is 4.90 Å². The maximum Gasteiger partial charge on any atom is 0.0558 e. The number of fused-ring (bicyclic) bond motifs is 5. The van der Waals surface area contributed by atoms with Crippen LogP contribution in [0.25, 0.3) is 39.4 Å². The Kier molecular flexibility index (Phi) is 6.47. The second kappa shape index (κ2) is 10.9. The first-order chi connectivity index (χ1) is 23.1. The monoisotopic (exact) mass is 606 g/mol. The number of rotatable bonds is 5. The van der Waals surface area contributed by atoms with Gasteiger partial charge in [-0.1, -0.05) is 117 Å². The zero-order valence-corrected chi connectivity index (χ0v) is 27.1. The van der Waals surface area contributed by atoms with Crippen LogP contribution in [0.4, 0.5) is 17.1 Å². The minimum Gasteiger partial charge on any atom is -0.313 e. The molecule has 0 fully saturated rings. The number of para-hydroxylation sites is 1. The zero-order valence-electron chi connectivity index (χ0n) is 27.1. The Bertz CT molecular complexity index is 2240. The number of aromatic nitrogens is 1. The van der Waals surface area contributed by atoms with Crippen molar-refractivity contribution in [3.63, 3.8) is 0 Å². The molecule has 2 heteroatoms. The van der Waals surface area contributed by atoms with Gasteiger partial charge in [-0.15, -0.1) is 0 Å². The van der Waals surface area contributed by atoms with E-state index in [1.807, 2.05) is 0 Å². The third kappa shape index (κ3) is 4.47. The van der Waals surface area contributed by atoms with Crippen LogP contribution in [0.15, 0.2) is 145 Å². The molecule has 9 rings (SSSR count). The summed E-state index contributed by atoms with van der Waals surface area (Å²) in [6.07, 6.45) is 13.7.